The Labute approximate surface area is 98.1 Å². The van der Waals surface area contributed by atoms with E-state index in [2.05, 4.69) is 4.98 Å². The van der Waals surface area contributed by atoms with Crippen LogP contribution in [0.15, 0.2) is 54.9 Å². The van der Waals surface area contributed by atoms with E-state index in [0.717, 1.165) is 21.7 Å². The van der Waals surface area contributed by atoms with Gasteiger partial charge in [-0.1, -0.05) is 23.7 Å². The number of benzene rings is 1. The molecular weight excluding hydrogens is 220 g/mol. The third-order valence-electron chi connectivity index (χ3n) is 2.56. The molecular formula is C13H9ClN2. The van der Waals surface area contributed by atoms with E-state index in [0.29, 0.717) is 0 Å². The molecule has 0 amide bonds. The molecule has 0 fully saturated rings. The maximum atomic E-state index is 6.17. The van der Waals surface area contributed by atoms with Crippen LogP contribution in [0.1, 0.15) is 0 Å². The van der Waals surface area contributed by atoms with Gasteiger partial charge in [0.2, 0.25) is 0 Å². The molecule has 0 spiro atoms. The Bertz CT molecular complexity index is 643. The third-order valence-corrected chi connectivity index (χ3v) is 2.88. The number of nitrogens with zero attached hydrogens (tertiary/aromatic N) is 2. The van der Waals surface area contributed by atoms with Crippen LogP contribution < -0.4 is 0 Å². The van der Waals surface area contributed by atoms with Crippen molar-refractivity contribution < 1.29 is 0 Å². The summed E-state index contributed by atoms with van der Waals surface area (Å²) in [5.41, 5.74) is 1.88. The van der Waals surface area contributed by atoms with Gasteiger partial charge in [-0.15, -0.1) is 0 Å². The van der Waals surface area contributed by atoms with E-state index >= 15 is 0 Å². The van der Waals surface area contributed by atoms with Gasteiger partial charge in [0.05, 0.1) is 10.7 Å². The molecule has 0 saturated carbocycles. The van der Waals surface area contributed by atoms with Crippen molar-refractivity contribution in [2.24, 2.45) is 0 Å². The van der Waals surface area contributed by atoms with Crippen molar-refractivity contribution in [1.29, 1.82) is 0 Å². The molecule has 78 valence electrons. The molecule has 1 aromatic carbocycles. The van der Waals surface area contributed by atoms with E-state index in [4.69, 9.17) is 11.6 Å². The monoisotopic (exact) mass is 228 g/mol. The van der Waals surface area contributed by atoms with E-state index in [9.17, 15) is 0 Å². The minimum atomic E-state index is 0.727. The van der Waals surface area contributed by atoms with Gasteiger partial charge in [-0.05, 0) is 30.3 Å². The molecule has 2 aromatic heterocycles. The first-order valence-electron chi connectivity index (χ1n) is 5.03. The maximum absolute atomic E-state index is 6.17. The van der Waals surface area contributed by atoms with Crippen LogP contribution in [-0.4, -0.2) is 9.55 Å². The fourth-order valence-electron chi connectivity index (χ4n) is 1.81. The highest BCUT2D eigenvalue weighted by molar-refractivity contribution is 6.32. The molecule has 0 aliphatic rings. The molecule has 3 aromatic rings. The molecule has 0 N–H and O–H groups in total. The Morgan fingerprint density at radius 1 is 1.00 bits per heavy atom. The van der Waals surface area contributed by atoms with Crippen molar-refractivity contribution in [2.45, 2.75) is 0 Å². The van der Waals surface area contributed by atoms with Gasteiger partial charge in [0.25, 0.3) is 0 Å². The third kappa shape index (κ3) is 1.39. The molecule has 0 saturated heterocycles. The summed E-state index contributed by atoms with van der Waals surface area (Å²) in [5.74, 6) is 0. The van der Waals surface area contributed by atoms with Gasteiger partial charge < -0.3 is 0 Å². The van der Waals surface area contributed by atoms with Gasteiger partial charge in [0.15, 0.2) is 0 Å². The van der Waals surface area contributed by atoms with Crippen molar-refractivity contribution in [1.82, 2.24) is 9.55 Å². The molecule has 0 bridgehead atoms. The summed E-state index contributed by atoms with van der Waals surface area (Å²) >= 11 is 6.17. The molecule has 0 aliphatic heterocycles. The highest BCUT2D eigenvalue weighted by atomic mass is 35.5. The first kappa shape index (κ1) is 9.43. The van der Waals surface area contributed by atoms with Gasteiger partial charge in [0, 0.05) is 17.8 Å². The zero-order chi connectivity index (χ0) is 11.0. The van der Waals surface area contributed by atoms with Gasteiger partial charge in [-0.3, -0.25) is 4.57 Å². The Hall–Kier alpha value is -1.80. The summed E-state index contributed by atoms with van der Waals surface area (Å²) in [4.78, 5) is 4.36. The molecule has 0 unspecified atom stereocenters. The van der Waals surface area contributed by atoms with Crippen LogP contribution in [0.25, 0.3) is 16.7 Å². The zero-order valence-corrected chi connectivity index (χ0v) is 9.22. The van der Waals surface area contributed by atoms with Crippen molar-refractivity contribution in [2.75, 3.05) is 0 Å². The maximum Gasteiger partial charge on any atom is 0.144 e. The van der Waals surface area contributed by atoms with E-state index in [1.165, 1.54) is 0 Å². The van der Waals surface area contributed by atoms with Crippen LogP contribution >= 0.6 is 11.6 Å². The number of hydrogen-bond acceptors (Lipinski definition) is 1. The summed E-state index contributed by atoms with van der Waals surface area (Å²) in [5, 5.41) is 1.84. The SMILES string of the molecule is Clc1ccccc1-n1ccc2cccnc21. The first-order valence-corrected chi connectivity index (χ1v) is 5.41. The number of halogens is 1. The lowest BCUT2D eigenvalue weighted by atomic mass is 10.3. The Morgan fingerprint density at radius 2 is 1.88 bits per heavy atom. The second kappa shape index (κ2) is 3.65. The van der Waals surface area contributed by atoms with Crippen molar-refractivity contribution in [3.05, 3.63) is 59.9 Å². The normalized spacial score (nSPS) is 10.8. The van der Waals surface area contributed by atoms with Crippen LogP contribution in [0.5, 0.6) is 0 Å². The number of pyridine rings is 1. The lowest BCUT2D eigenvalue weighted by Gasteiger charge is -2.06. The Morgan fingerprint density at radius 3 is 2.75 bits per heavy atom. The van der Waals surface area contributed by atoms with Crippen molar-refractivity contribution in [3.8, 4) is 5.69 Å². The topological polar surface area (TPSA) is 17.8 Å². The highest BCUT2D eigenvalue weighted by Crippen LogP contribution is 2.24. The standard InChI is InChI=1S/C13H9ClN2/c14-11-5-1-2-6-12(11)16-9-7-10-4-3-8-15-13(10)16/h1-9H. The number of rotatable bonds is 1. The lowest BCUT2D eigenvalue weighted by Crippen LogP contribution is -1.93. The van der Waals surface area contributed by atoms with E-state index in [1.54, 1.807) is 6.20 Å². The molecule has 3 rings (SSSR count). The summed E-state index contributed by atoms with van der Waals surface area (Å²) in [6.45, 7) is 0. The molecule has 0 aliphatic carbocycles. The molecule has 2 nitrogen and oxygen atoms in total. The van der Waals surface area contributed by atoms with Crippen LogP contribution in [0, 0.1) is 0 Å². The average Bonchev–Trinajstić information content (AvgIpc) is 2.74. The van der Waals surface area contributed by atoms with Crippen LogP contribution in [-0.2, 0) is 0 Å². The van der Waals surface area contributed by atoms with E-state index in [1.807, 2.05) is 53.2 Å². The summed E-state index contributed by atoms with van der Waals surface area (Å²) < 4.78 is 2.00. The Balaban J connectivity index is 2.31. The average molecular weight is 229 g/mol. The van der Waals surface area contributed by atoms with Crippen molar-refractivity contribution >= 4 is 22.6 Å². The largest absolute Gasteiger partial charge is 0.300 e. The van der Waals surface area contributed by atoms with E-state index in [-0.39, 0.29) is 0 Å². The fraction of sp³-hybridized carbons (Fsp3) is 0. The smallest absolute Gasteiger partial charge is 0.144 e. The summed E-state index contributed by atoms with van der Waals surface area (Å²) in [7, 11) is 0. The van der Waals surface area contributed by atoms with Gasteiger partial charge in [-0.25, -0.2) is 4.98 Å². The van der Waals surface area contributed by atoms with Crippen LogP contribution in [0.3, 0.4) is 0 Å². The second-order valence-electron chi connectivity index (χ2n) is 3.55. The summed E-state index contributed by atoms with van der Waals surface area (Å²) in [6, 6.07) is 13.8. The van der Waals surface area contributed by atoms with E-state index < -0.39 is 0 Å². The highest BCUT2D eigenvalue weighted by Gasteiger charge is 2.05. The zero-order valence-electron chi connectivity index (χ0n) is 8.47. The van der Waals surface area contributed by atoms with Crippen LogP contribution in [0.2, 0.25) is 5.02 Å². The Kier molecular flexibility index (Phi) is 2.15. The van der Waals surface area contributed by atoms with Gasteiger partial charge >= 0.3 is 0 Å². The van der Waals surface area contributed by atoms with Gasteiger partial charge in [0.1, 0.15) is 5.65 Å². The first-order chi connectivity index (χ1) is 7.86. The number of hydrogen-bond donors (Lipinski definition) is 0. The second-order valence-corrected chi connectivity index (χ2v) is 3.96. The predicted octanol–water partition coefficient (Wildman–Crippen LogP) is 3.68. The molecule has 0 radical (unpaired) electrons. The molecule has 0 atom stereocenters. The molecule has 16 heavy (non-hydrogen) atoms. The number of fused-ring (bicyclic) bond motifs is 1. The predicted molar refractivity (Wildman–Crippen MR) is 66.1 cm³/mol. The number of para-hydroxylation sites is 1. The van der Waals surface area contributed by atoms with Crippen molar-refractivity contribution in [3.63, 3.8) is 0 Å². The summed E-state index contributed by atoms with van der Waals surface area (Å²) in [6.07, 6.45) is 3.77. The fourth-order valence-corrected chi connectivity index (χ4v) is 2.03. The van der Waals surface area contributed by atoms with Crippen LogP contribution in [0.4, 0.5) is 0 Å². The molecule has 3 heteroatoms. The lowest BCUT2D eigenvalue weighted by molar-refractivity contribution is 1.09. The minimum Gasteiger partial charge on any atom is -0.300 e. The minimum absolute atomic E-state index is 0.727. The molecule has 2 heterocycles. The number of aromatic nitrogens is 2. The van der Waals surface area contributed by atoms with Gasteiger partial charge in [-0.2, -0.15) is 0 Å². The quantitative estimate of drug-likeness (QED) is 0.621.